The summed E-state index contributed by atoms with van der Waals surface area (Å²) in [7, 11) is 0. The highest BCUT2D eigenvalue weighted by Gasteiger charge is 2.29. The SMILES string of the molecule is NCc1cccc(OCC2(O)CCCCC2)c1. The second-order valence-electron chi connectivity index (χ2n) is 4.93. The van der Waals surface area contributed by atoms with Crippen molar-refractivity contribution < 1.29 is 9.84 Å². The van der Waals surface area contributed by atoms with Crippen molar-refractivity contribution in [2.45, 2.75) is 44.2 Å². The lowest BCUT2D eigenvalue weighted by atomic mass is 9.85. The van der Waals surface area contributed by atoms with E-state index in [1.807, 2.05) is 24.3 Å². The molecule has 3 nitrogen and oxygen atoms in total. The van der Waals surface area contributed by atoms with E-state index < -0.39 is 5.60 Å². The number of rotatable bonds is 4. The molecule has 0 bridgehead atoms. The zero-order chi connectivity index (χ0) is 12.1. The van der Waals surface area contributed by atoms with Gasteiger partial charge in [0.05, 0.1) is 5.60 Å². The predicted octanol–water partition coefficient (Wildman–Crippen LogP) is 2.22. The summed E-state index contributed by atoms with van der Waals surface area (Å²) in [6, 6.07) is 7.75. The van der Waals surface area contributed by atoms with E-state index in [1.165, 1.54) is 6.42 Å². The van der Waals surface area contributed by atoms with Gasteiger partial charge in [-0.05, 0) is 30.5 Å². The van der Waals surface area contributed by atoms with Gasteiger partial charge in [0, 0.05) is 6.54 Å². The van der Waals surface area contributed by atoms with Crippen LogP contribution >= 0.6 is 0 Å². The third-order valence-corrected chi connectivity index (χ3v) is 3.43. The Morgan fingerprint density at radius 3 is 2.71 bits per heavy atom. The zero-order valence-electron chi connectivity index (χ0n) is 10.2. The Morgan fingerprint density at radius 2 is 2.00 bits per heavy atom. The first-order valence-electron chi connectivity index (χ1n) is 6.36. The van der Waals surface area contributed by atoms with Crippen molar-refractivity contribution in [3.8, 4) is 5.75 Å². The summed E-state index contributed by atoms with van der Waals surface area (Å²) < 4.78 is 5.69. The van der Waals surface area contributed by atoms with Crippen molar-refractivity contribution in [1.29, 1.82) is 0 Å². The van der Waals surface area contributed by atoms with Crippen LogP contribution in [0, 0.1) is 0 Å². The highest BCUT2D eigenvalue weighted by molar-refractivity contribution is 5.28. The first-order chi connectivity index (χ1) is 8.22. The van der Waals surface area contributed by atoms with E-state index in [-0.39, 0.29) is 0 Å². The molecule has 1 aliphatic carbocycles. The molecule has 0 amide bonds. The van der Waals surface area contributed by atoms with Gasteiger partial charge in [0.25, 0.3) is 0 Å². The standard InChI is InChI=1S/C14H21NO2/c15-10-12-5-4-6-13(9-12)17-11-14(16)7-2-1-3-8-14/h4-6,9,16H,1-3,7-8,10-11,15H2. The average molecular weight is 235 g/mol. The highest BCUT2D eigenvalue weighted by Crippen LogP contribution is 2.28. The van der Waals surface area contributed by atoms with Gasteiger partial charge in [-0.15, -0.1) is 0 Å². The van der Waals surface area contributed by atoms with Crippen molar-refractivity contribution in [3.05, 3.63) is 29.8 Å². The lowest BCUT2D eigenvalue weighted by Crippen LogP contribution is -2.37. The summed E-state index contributed by atoms with van der Waals surface area (Å²) in [4.78, 5) is 0. The Bertz CT molecular complexity index is 359. The van der Waals surface area contributed by atoms with Crippen LogP contribution in [-0.2, 0) is 6.54 Å². The number of hydrogen-bond donors (Lipinski definition) is 2. The van der Waals surface area contributed by atoms with Gasteiger partial charge in [-0.3, -0.25) is 0 Å². The largest absolute Gasteiger partial charge is 0.491 e. The molecule has 1 fully saturated rings. The molecular formula is C14H21NO2. The fourth-order valence-electron chi connectivity index (χ4n) is 2.33. The van der Waals surface area contributed by atoms with Gasteiger partial charge in [-0.1, -0.05) is 31.4 Å². The lowest BCUT2D eigenvalue weighted by Gasteiger charge is -2.31. The monoisotopic (exact) mass is 235 g/mol. The zero-order valence-corrected chi connectivity index (χ0v) is 10.2. The molecule has 1 aromatic rings. The molecule has 0 heterocycles. The van der Waals surface area contributed by atoms with Crippen molar-refractivity contribution in [2.24, 2.45) is 5.73 Å². The number of ether oxygens (including phenoxy) is 1. The molecule has 1 saturated carbocycles. The van der Waals surface area contributed by atoms with E-state index in [0.717, 1.165) is 37.0 Å². The molecule has 3 N–H and O–H groups in total. The molecule has 1 aliphatic rings. The topological polar surface area (TPSA) is 55.5 Å². The summed E-state index contributed by atoms with van der Waals surface area (Å²) in [6.07, 6.45) is 5.13. The van der Waals surface area contributed by atoms with E-state index >= 15 is 0 Å². The van der Waals surface area contributed by atoms with Gasteiger partial charge in [-0.2, -0.15) is 0 Å². The third-order valence-electron chi connectivity index (χ3n) is 3.43. The van der Waals surface area contributed by atoms with E-state index in [9.17, 15) is 5.11 Å². The summed E-state index contributed by atoms with van der Waals surface area (Å²) >= 11 is 0. The minimum Gasteiger partial charge on any atom is -0.491 e. The molecule has 0 saturated heterocycles. The van der Waals surface area contributed by atoms with Crippen LogP contribution in [0.15, 0.2) is 24.3 Å². The predicted molar refractivity (Wildman–Crippen MR) is 67.9 cm³/mol. The summed E-state index contributed by atoms with van der Waals surface area (Å²) in [6.45, 7) is 0.905. The Kier molecular flexibility index (Phi) is 4.02. The van der Waals surface area contributed by atoms with Gasteiger partial charge in [0.15, 0.2) is 0 Å². The molecule has 0 spiro atoms. The second kappa shape index (κ2) is 5.52. The Labute approximate surface area is 103 Å². The Balaban J connectivity index is 1.92. The summed E-state index contributed by atoms with van der Waals surface area (Å²) in [5.74, 6) is 0.798. The normalized spacial score (nSPS) is 18.9. The fourth-order valence-corrected chi connectivity index (χ4v) is 2.33. The van der Waals surface area contributed by atoms with Crippen LogP contribution in [0.3, 0.4) is 0 Å². The minimum atomic E-state index is -0.628. The van der Waals surface area contributed by atoms with Crippen molar-refractivity contribution in [1.82, 2.24) is 0 Å². The Hall–Kier alpha value is -1.06. The number of hydrogen-bond acceptors (Lipinski definition) is 3. The molecule has 0 radical (unpaired) electrons. The van der Waals surface area contributed by atoms with Crippen LogP contribution < -0.4 is 10.5 Å². The van der Waals surface area contributed by atoms with Gasteiger partial charge in [0.1, 0.15) is 12.4 Å². The number of aliphatic hydroxyl groups is 1. The average Bonchev–Trinajstić information content (AvgIpc) is 2.38. The number of nitrogens with two attached hydrogens (primary N) is 1. The van der Waals surface area contributed by atoms with Gasteiger partial charge in [0.2, 0.25) is 0 Å². The quantitative estimate of drug-likeness (QED) is 0.841. The van der Waals surface area contributed by atoms with Crippen LogP contribution in [0.25, 0.3) is 0 Å². The van der Waals surface area contributed by atoms with E-state index in [2.05, 4.69) is 0 Å². The maximum atomic E-state index is 10.3. The van der Waals surface area contributed by atoms with Crippen LogP contribution in [0.1, 0.15) is 37.7 Å². The van der Waals surface area contributed by atoms with Crippen LogP contribution in [0.5, 0.6) is 5.75 Å². The number of benzene rings is 1. The van der Waals surface area contributed by atoms with E-state index in [4.69, 9.17) is 10.5 Å². The molecule has 0 aromatic heterocycles. The van der Waals surface area contributed by atoms with Crippen LogP contribution in [-0.4, -0.2) is 17.3 Å². The third kappa shape index (κ3) is 3.45. The first kappa shape index (κ1) is 12.4. The van der Waals surface area contributed by atoms with Gasteiger partial charge >= 0.3 is 0 Å². The van der Waals surface area contributed by atoms with Gasteiger partial charge < -0.3 is 15.6 Å². The fraction of sp³-hybridized carbons (Fsp3) is 0.571. The molecule has 0 aliphatic heterocycles. The molecule has 0 atom stereocenters. The second-order valence-corrected chi connectivity index (χ2v) is 4.93. The molecular weight excluding hydrogens is 214 g/mol. The van der Waals surface area contributed by atoms with Crippen molar-refractivity contribution in [3.63, 3.8) is 0 Å². The highest BCUT2D eigenvalue weighted by atomic mass is 16.5. The van der Waals surface area contributed by atoms with Crippen molar-refractivity contribution in [2.75, 3.05) is 6.61 Å². The molecule has 3 heteroatoms. The molecule has 0 unspecified atom stereocenters. The van der Waals surface area contributed by atoms with E-state index in [0.29, 0.717) is 13.2 Å². The van der Waals surface area contributed by atoms with E-state index in [1.54, 1.807) is 0 Å². The molecule has 94 valence electrons. The molecule has 17 heavy (non-hydrogen) atoms. The smallest absolute Gasteiger partial charge is 0.119 e. The first-order valence-corrected chi connectivity index (χ1v) is 6.36. The summed E-state index contributed by atoms with van der Waals surface area (Å²) in [5, 5.41) is 10.3. The lowest BCUT2D eigenvalue weighted by molar-refractivity contribution is -0.0339. The molecule has 1 aromatic carbocycles. The van der Waals surface area contributed by atoms with Gasteiger partial charge in [-0.25, -0.2) is 0 Å². The maximum Gasteiger partial charge on any atom is 0.119 e. The maximum absolute atomic E-state index is 10.3. The van der Waals surface area contributed by atoms with Crippen molar-refractivity contribution >= 4 is 0 Å². The summed E-state index contributed by atoms with van der Waals surface area (Å²) in [5.41, 5.74) is 6.00. The van der Waals surface area contributed by atoms with Crippen LogP contribution in [0.4, 0.5) is 0 Å². The van der Waals surface area contributed by atoms with Crippen LogP contribution in [0.2, 0.25) is 0 Å². The molecule has 2 rings (SSSR count). The Morgan fingerprint density at radius 1 is 1.24 bits per heavy atom. The minimum absolute atomic E-state index is 0.390.